The third-order valence-electron chi connectivity index (χ3n) is 8.14. The summed E-state index contributed by atoms with van der Waals surface area (Å²) in [5.74, 6) is -0.901. The zero-order valence-corrected chi connectivity index (χ0v) is 25.6. The first-order valence-corrected chi connectivity index (χ1v) is 15.7. The van der Waals surface area contributed by atoms with Gasteiger partial charge in [0.05, 0.1) is 6.61 Å². The van der Waals surface area contributed by atoms with Crippen molar-refractivity contribution < 1.29 is 23.5 Å². The Balaban J connectivity index is 2.61. The smallest absolute Gasteiger partial charge is 0.374 e. The molecule has 0 radical (unpaired) electrons. The molecule has 0 aliphatic carbocycles. The van der Waals surface area contributed by atoms with Crippen molar-refractivity contribution >= 4 is 11.9 Å². The van der Waals surface area contributed by atoms with Crippen LogP contribution in [0.3, 0.4) is 0 Å². The average Bonchev–Trinajstić information content (AvgIpc) is 3.39. The number of rotatable bonds is 23. The van der Waals surface area contributed by atoms with Gasteiger partial charge in [0.25, 0.3) is 0 Å². The fraction of sp³-hybridized carbons (Fsp3) is 0.818. The highest BCUT2D eigenvalue weighted by Crippen LogP contribution is 2.33. The first kappa shape index (κ1) is 34.2. The van der Waals surface area contributed by atoms with E-state index in [1.807, 2.05) is 6.92 Å². The second-order valence-electron chi connectivity index (χ2n) is 11.8. The van der Waals surface area contributed by atoms with E-state index < -0.39 is 17.5 Å². The third kappa shape index (κ3) is 13.8. The predicted octanol–water partition coefficient (Wildman–Crippen LogP) is 10.5. The fourth-order valence-electron chi connectivity index (χ4n) is 5.01. The summed E-state index contributed by atoms with van der Waals surface area (Å²) in [4.78, 5) is 25.6. The van der Waals surface area contributed by atoms with Crippen LogP contribution in [0.15, 0.2) is 16.5 Å². The summed E-state index contributed by atoms with van der Waals surface area (Å²) in [6, 6.07) is 3.05. The van der Waals surface area contributed by atoms with Crippen LogP contribution in [-0.4, -0.2) is 24.1 Å². The minimum atomic E-state index is -0.521. The van der Waals surface area contributed by atoms with Gasteiger partial charge in [0.2, 0.25) is 11.5 Å². The van der Waals surface area contributed by atoms with Gasteiger partial charge in [0, 0.05) is 0 Å². The summed E-state index contributed by atoms with van der Waals surface area (Å²) in [5.41, 5.74) is -0.351. The predicted molar refractivity (Wildman–Crippen MR) is 157 cm³/mol. The van der Waals surface area contributed by atoms with Crippen LogP contribution in [0.2, 0.25) is 0 Å². The van der Waals surface area contributed by atoms with Crippen LogP contribution in [0.25, 0.3) is 0 Å². The Morgan fingerprint density at radius 1 is 0.658 bits per heavy atom. The van der Waals surface area contributed by atoms with E-state index in [1.165, 1.54) is 63.5 Å². The van der Waals surface area contributed by atoms with Gasteiger partial charge in [-0.05, 0) is 63.0 Å². The van der Waals surface area contributed by atoms with Crippen molar-refractivity contribution in [1.29, 1.82) is 0 Å². The number of carbonyl (C=O) groups is 2. The van der Waals surface area contributed by atoms with E-state index in [0.717, 1.165) is 64.2 Å². The van der Waals surface area contributed by atoms with Crippen LogP contribution in [0.1, 0.15) is 178 Å². The molecule has 1 aromatic heterocycles. The zero-order valence-electron chi connectivity index (χ0n) is 25.6. The lowest BCUT2D eigenvalue weighted by Gasteiger charge is -2.29. The highest BCUT2D eigenvalue weighted by atomic mass is 16.6. The molecule has 0 fully saturated rings. The number of hydrogen-bond acceptors (Lipinski definition) is 5. The van der Waals surface area contributed by atoms with Gasteiger partial charge in [0.15, 0.2) is 0 Å². The largest absolute Gasteiger partial charge is 0.460 e. The van der Waals surface area contributed by atoms with Gasteiger partial charge in [-0.15, -0.1) is 0 Å². The summed E-state index contributed by atoms with van der Waals surface area (Å²) in [7, 11) is 0. The number of ether oxygens (including phenoxy) is 2. The minimum absolute atomic E-state index is 0.0574. The van der Waals surface area contributed by atoms with Crippen molar-refractivity contribution in [2.45, 2.75) is 163 Å². The van der Waals surface area contributed by atoms with Gasteiger partial charge < -0.3 is 13.9 Å². The number of carbonyl (C=O) groups excluding carboxylic acids is 2. The Morgan fingerprint density at radius 3 is 1.68 bits per heavy atom. The highest BCUT2D eigenvalue weighted by Gasteiger charge is 2.30. The minimum Gasteiger partial charge on any atom is -0.460 e. The van der Waals surface area contributed by atoms with Crippen LogP contribution in [0.5, 0.6) is 0 Å². The Hall–Kier alpha value is -1.78. The first-order valence-electron chi connectivity index (χ1n) is 15.7. The second-order valence-corrected chi connectivity index (χ2v) is 11.8. The molecular weight excluding hydrogens is 476 g/mol. The van der Waals surface area contributed by atoms with Crippen molar-refractivity contribution in [1.82, 2.24) is 0 Å². The van der Waals surface area contributed by atoms with E-state index in [-0.39, 0.29) is 16.9 Å². The Bertz CT molecular complexity index is 769. The van der Waals surface area contributed by atoms with E-state index in [9.17, 15) is 9.59 Å². The lowest BCUT2D eigenvalue weighted by atomic mass is 9.79. The molecule has 5 nitrogen and oxygen atoms in total. The van der Waals surface area contributed by atoms with Crippen LogP contribution >= 0.6 is 0 Å². The molecule has 1 aromatic rings. The van der Waals surface area contributed by atoms with Crippen molar-refractivity contribution in [3.05, 3.63) is 23.7 Å². The molecule has 220 valence electrons. The normalized spacial score (nSPS) is 14.6. The zero-order chi connectivity index (χ0) is 28.3. The molecular formula is C33H58O5. The monoisotopic (exact) mass is 534 g/mol. The number of unbranched alkanes of at least 4 members (excludes halogenated alkanes) is 10. The highest BCUT2D eigenvalue weighted by molar-refractivity contribution is 5.91. The third-order valence-corrected chi connectivity index (χ3v) is 8.14. The molecule has 2 atom stereocenters. The summed E-state index contributed by atoms with van der Waals surface area (Å²) in [5, 5.41) is 0. The standard InChI is InChI=1S/C33H58O5/c1-7-11-14-16-19-23-32(5,10-4)26-27-36-30(34)28-21-22-29(37-28)31(35)38-33(6,24-18-13-9-3)25-20-17-15-12-8-2/h21-22H,7-20,23-27H2,1-6H3. The summed E-state index contributed by atoms with van der Waals surface area (Å²) >= 11 is 0. The van der Waals surface area contributed by atoms with E-state index in [0.29, 0.717) is 6.61 Å². The van der Waals surface area contributed by atoms with E-state index in [2.05, 4.69) is 34.6 Å². The molecule has 0 bridgehead atoms. The summed E-state index contributed by atoms with van der Waals surface area (Å²) in [6.45, 7) is 13.5. The first-order chi connectivity index (χ1) is 18.2. The van der Waals surface area contributed by atoms with Gasteiger partial charge in [-0.3, -0.25) is 0 Å². The molecule has 0 saturated heterocycles. The molecule has 2 unspecified atom stereocenters. The maximum Gasteiger partial charge on any atom is 0.374 e. The molecule has 0 aliphatic heterocycles. The molecule has 1 rings (SSSR count). The van der Waals surface area contributed by atoms with Gasteiger partial charge in [0.1, 0.15) is 5.60 Å². The van der Waals surface area contributed by atoms with Crippen LogP contribution in [0, 0.1) is 5.41 Å². The van der Waals surface area contributed by atoms with Gasteiger partial charge in [-0.25, -0.2) is 9.59 Å². The SMILES string of the molecule is CCCCCCCC(C)(CC)CCOC(=O)c1ccc(C(=O)OC(C)(CCCCC)CCCCCCC)o1. The van der Waals surface area contributed by atoms with Crippen molar-refractivity contribution in [3.8, 4) is 0 Å². The van der Waals surface area contributed by atoms with Crippen molar-refractivity contribution in [2.75, 3.05) is 6.61 Å². The Morgan fingerprint density at radius 2 is 1.13 bits per heavy atom. The summed E-state index contributed by atoms with van der Waals surface area (Å²) < 4.78 is 17.1. The van der Waals surface area contributed by atoms with Crippen molar-refractivity contribution in [2.24, 2.45) is 5.41 Å². The Labute approximate surface area is 233 Å². The van der Waals surface area contributed by atoms with Gasteiger partial charge in [-0.2, -0.15) is 0 Å². The number of esters is 2. The lowest BCUT2D eigenvalue weighted by Crippen LogP contribution is -2.32. The van der Waals surface area contributed by atoms with E-state index >= 15 is 0 Å². The Kier molecular flexibility index (Phi) is 17.4. The quantitative estimate of drug-likeness (QED) is 0.103. The molecule has 5 heteroatoms. The average molecular weight is 535 g/mol. The lowest BCUT2D eigenvalue weighted by molar-refractivity contribution is -0.0228. The number of hydrogen-bond donors (Lipinski definition) is 0. The maximum atomic E-state index is 12.9. The molecule has 0 aliphatic rings. The molecule has 0 aromatic carbocycles. The van der Waals surface area contributed by atoms with Crippen LogP contribution < -0.4 is 0 Å². The maximum absolute atomic E-state index is 12.9. The van der Waals surface area contributed by atoms with Crippen molar-refractivity contribution in [3.63, 3.8) is 0 Å². The fourth-order valence-corrected chi connectivity index (χ4v) is 5.01. The second kappa shape index (κ2) is 19.3. The molecule has 0 saturated carbocycles. The molecule has 0 spiro atoms. The van der Waals surface area contributed by atoms with Gasteiger partial charge >= 0.3 is 11.9 Å². The molecule has 38 heavy (non-hydrogen) atoms. The van der Waals surface area contributed by atoms with Crippen LogP contribution in [0.4, 0.5) is 0 Å². The molecule has 0 N–H and O–H groups in total. The topological polar surface area (TPSA) is 65.7 Å². The number of furan rings is 1. The van der Waals surface area contributed by atoms with E-state index in [1.54, 1.807) is 0 Å². The summed E-state index contributed by atoms with van der Waals surface area (Å²) in [6.07, 6.45) is 20.2. The van der Waals surface area contributed by atoms with E-state index in [4.69, 9.17) is 13.9 Å². The molecule has 1 heterocycles. The van der Waals surface area contributed by atoms with Crippen LogP contribution in [-0.2, 0) is 9.47 Å². The molecule has 0 amide bonds. The van der Waals surface area contributed by atoms with Gasteiger partial charge in [-0.1, -0.05) is 112 Å².